The van der Waals surface area contributed by atoms with Crippen LogP contribution in [0.2, 0.25) is 5.02 Å². The Morgan fingerprint density at radius 2 is 1.89 bits per heavy atom. The summed E-state index contributed by atoms with van der Waals surface area (Å²) >= 11 is 7.93. The van der Waals surface area contributed by atoms with E-state index in [9.17, 15) is 0 Å². The molecule has 0 aliphatic carbocycles. The van der Waals surface area contributed by atoms with Crippen LogP contribution < -0.4 is 5.32 Å². The normalized spacial score (nSPS) is 12.7. The van der Waals surface area contributed by atoms with E-state index in [2.05, 4.69) is 37.4 Å². The second-order valence-corrected chi connectivity index (χ2v) is 6.03. The maximum Gasteiger partial charge on any atom is 0.0561 e. The van der Waals surface area contributed by atoms with Crippen LogP contribution in [0, 0.1) is 13.8 Å². The van der Waals surface area contributed by atoms with Crippen molar-refractivity contribution >= 4 is 22.9 Å². The van der Waals surface area contributed by atoms with E-state index >= 15 is 0 Å². The molecule has 0 saturated heterocycles. The number of hydrogen-bond donors (Lipinski definition) is 1. The van der Waals surface area contributed by atoms with Crippen molar-refractivity contribution in [2.75, 3.05) is 7.05 Å². The molecule has 0 amide bonds. The van der Waals surface area contributed by atoms with Gasteiger partial charge < -0.3 is 5.32 Å². The summed E-state index contributed by atoms with van der Waals surface area (Å²) in [5, 5.41) is 6.27. The molecule has 1 unspecified atom stereocenters. The van der Waals surface area contributed by atoms with E-state index in [1.165, 1.54) is 21.6 Å². The molecule has 1 nitrogen and oxygen atoms in total. The number of benzene rings is 1. The zero-order valence-corrected chi connectivity index (χ0v) is 12.5. The summed E-state index contributed by atoms with van der Waals surface area (Å²) in [6.07, 6.45) is 0.971. The van der Waals surface area contributed by atoms with Crippen LogP contribution >= 0.6 is 22.9 Å². The quantitative estimate of drug-likeness (QED) is 0.868. The fraction of sp³-hybridized carbons (Fsp3) is 0.333. The van der Waals surface area contributed by atoms with Gasteiger partial charge in [0.15, 0.2) is 0 Å². The highest BCUT2D eigenvalue weighted by molar-refractivity contribution is 7.10. The van der Waals surface area contributed by atoms with Crippen LogP contribution in [0.4, 0.5) is 0 Å². The highest BCUT2D eigenvalue weighted by Crippen LogP contribution is 2.30. The van der Waals surface area contributed by atoms with Crippen LogP contribution in [0.25, 0.3) is 0 Å². The SMILES string of the molecule is CNC(Cc1cc(C)cc(C)c1)c1sccc1Cl. The first-order chi connectivity index (χ1) is 8.60. The molecule has 1 N–H and O–H groups in total. The minimum absolute atomic E-state index is 0.290. The Hall–Kier alpha value is -0.830. The molecule has 1 heterocycles. The summed E-state index contributed by atoms with van der Waals surface area (Å²) in [4.78, 5) is 1.22. The van der Waals surface area contributed by atoms with Gasteiger partial charge in [0.2, 0.25) is 0 Å². The maximum atomic E-state index is 6.21. The molecular formula is C15H18ClNS. The molecule has 0 radical (unpaired) electrons. The summed E-state index contributed by atoms with van der Waals surface area (Å²) in [5.74, 6) is 0. The minimum Gasteiger partial charge on any atom is -0.312 e. The number of rotatable bonds is 4. The summed E-state index contributed by atoms with van der Waals surface area (Å²) in [6, 6.07) is 8.96. The molecule has 96 valence electrons. The third-order valence-corrected chi connectivity index (χ3v) is 4.50. The largest absolute Gasteiger partial charge is 0.312 e. The van der Waals surface area contributed by atoms with Crippen molar-refractivity contribution in [3.63, 3.8) is 0 Å². The van der Waals surface area contributed by atoms with Gasteiger partial charge in [-0.1, -0.05) is 40.9 Å². The first-order valence-corrected chi connectivity index (χ1v) is 7.33. The summed E-state index contributed by atoms with van der Waals surface area (Å²) in [5.41, 5.74) is 3.99. The van der Waals surface area contributed by atoms with Crippen LogP contribution in [-0.4, -0.2) is 7.05 Å². The van der Waals surface area contributed by atoms with Crippen LogP contribution in [0.15, 0.2) is 29.6 Å². The first kappa shape index (κ1) is 13.6. The van der Waals surface area contributed by atoms with E-state index in [0.29, 0.717) is 6.04 Å². The lowest BCUT2D eigenvalue weighted by Gasteiger charge is -2.16. The molecule has 18 heavy (non-hydrogen) atoms. The Morgan fingerprint density at radius 1 is 1.22 bits per heavy atom. The number of nitrogens with one attached hydrogen (secondary N) is 1. The number of thiophene rings is 1. The lowest BCUT2D eigenvalue weighted by molar-refractivity contribution is 0.602. The zero-order chi connectivity index (χ0) is 13.1. The van der Waals surface area contributed by atoms with Gasteiger partial charge in [0.25, 0.3) is 0 Å². The van der Waals surface area contributed by atoms with Gasteiger partial charge in [-0.2, -0.15) is 0 Å². The Bertz CT molecular complexity index is 513. The Balaban J connectivity index is 2.23. The second-order valence-electron chi connectivity index (χ2n) is 4.67. The number of likely N-dealkylation sites (N-methyl/N-ethyl adjacent to an activating group) is 1. The van der Waals surface area contributed by atoms with Crippen molar-refractivity contribution in [1.82, 2.24) is 5.32 Å². The number of aryl methyl sites for hydroxylation is 2. The highest BCUT2D eigenvalue weighted by Gasteiger charge is 2.15. The number of hydrogen-bond acceptors (Lipinski definition) is 2. The average Bonchev–Trinajstić information content (AvgIpc) is 2.71. The van der Waals surface area contributed by atoms with Crippen molar-refractivity contribution in [2.24, 2.45) is 0 Å². The molecule has 0 aliphatic heterocycles. The molecule has 0 aliphatic rings. The third-order valence-electron chi connectivity index (χ3n) is 3.03. The summed E-state index contributed by atoms with van der Waals surface area (Å²) < 4.78 is 0. The van der Waals surface area contributed by atoms with E-state index in [1.54, 1.807) is 11.3 Å². The van der Waals surface area contributed by atoms with Crippen molar-refractivity contribution in [2.45, 2.75) is 26.3 Å². The van der Waals surface area contributed by atoms with Crippen molar-refractivity contribution < 1.29 is 0 Å². The van der Waals surface area contributed by atoms with E-state index in [4.69, 9.17) is 11.6 Å². The van der Waals surface area contributed by atoms with Gasteiger partial charge in [-0.3, -0.25) is 0 Å². The van der Waals surface area contributed by atoms with Crippen molar-refractivity contribution in [1.29, 1.82) is 0 Å². The van der Waals surface area contributed by atoms with Crippen LogP contribution in [0.5, 0.6) is 0 Å². The summed E-state index contributed by atoms with van der Waals surface area (Å²) in [7, 11) is 1.99. The van der Waals surface area contributed by atoms with Crippen LogP contribution in [0.3, 0.4) is 0 Å². The molecule has 2 rings (SSSR count). The fourth-order valence-corrected chi connectivity index (χ4v) is 3.60. The lowest BCUT2D eigenvalue weighted by Crippen LogP contribution is -2.18. The van der Waals surface area contributed by atoms with E-state index in [1.807, 2.05) is 18.5 Å². The maximum absolute atomic E-state index is 6.21. The molecular weight excluding hydrogens is 262 g/mol. The monoisotopic (exact) mass is 279 g/mol. The van der Waals surface area contributed by atoms with Gasteiger partial charge in [-0.25, -0.2) is 0 Å². The molecule has 1 aromatic heterocycles. The molecule has 0 spiro atoms. The lowest BCUT2D eigenvalue weighted by atomic mass is 10.0. The predicted octanol–water partition coefficient (Wildman–Crippen LogP) is 4.52. The molecule has 0 fully saturated rings. The van der Waals surface area contributed by atoms with E-state index in [-0.39, 0.29) is 0 Å². The molecule has 2 aromatic rings. The standard InChI is InChI=1S/C15H18ClNS/c1-10-6-11(2)8-12(7-10)9-14(17-3)15-13(16)4-5-18-15/h4-8,14,17H,9H2,1-3H3. The topological polar surface area (TPSA) is 12.0 Å². The van der Waals surface area contributed by atoms with Crippen LogP contribution in [-0.2, 0) is 6.42 Å². The van der Waals surface area contributed by atoms with Crippen LogP contribution in [0.1, 0.15) is 27.6 Å². The molecule has 1 aromatic carbocycles. The summed E-state index contributed by atoms with van der Waals surface area (Å²) in [6.45, 7) is 4.28. The van der Waals surface area contributed by atoms with E-state index < -0.39 is 0 Å². The van der Waals surface area contributed by atoms with Crippen molar-refractivity contribution in [3.05, 3.63) is 56.2 Å². The van der Waals surface area contributed by atoms with Gasteiger partial charge in [0, 0.05) is 10.9 Å². The Kier molecular flexibility index (Phi) is 4.44. The Morgan fingerprint density at radius 3 is 2.39 bits per heavy atom. The van der Waals surface area contributed by atoms with Gasteiger partial charge >= 0.3 is 0 Å². The second kappa shape index (κ2) is 5.87. The minimum atomic E-state index is 0.290. The van der Waals surface area contributed by atoms with E-state index in [0.717, 1.165) is 11.4 Å². The Labute approximate surface area is 118 Å². The van der Waals surface area contributed by atoms with Crippen molar-refractivity contribution in [3.8, 4) is 0 Å². The van der Waals surface area contributed by atoms with Gasteiger partial charge in [-0.05, 0) is 44.3 Å². The first-order valence-electron chi connectivity index (χ1n) is 6.07. The molecule has 0 saturated carbocycles. The highest BCUT2D eigenvalue weighted by atomic mass is 35.5. The smallest absolute Gasteiger partial charge is 0.0561 e. The molecule has 0 bridgehead atoms. The molecule has 3 heteroatoms. The number of halogens is 1. The van der Waals surface area contributed by atoms with Gasteiger partial charge in [-0.15, -0.1) is 11.3 Å². The van der Waals surface area contributed by atoms with Gasteiger partial charge in [0.1, 0.15) is 0 Å². The average molecular weight is 280 g/mol. The third kappa shape index (κ3) is 3.14. The molecule has 1 atom stereocenters. The fourth-order valence-electron chi connectivity index (χ4n) is 2.30. The zero-order valence-electron chi connectivity index (χ0n) is 11.0. The predicted molar refractivity (Wildman–Crippen MR) is 80.7 cm³/mol. The van der Waals surface area contributed by atoms with Gasteiger partial charge in [0.05, 0.1) is 5.02 Å².